The maximum atomic E-state index is 4.53. The first-order valence-electron chi connectivity index (χ1n) is 4.98. The van der Waals surface area contributed by atoms with Crippen molar-refractivity contribution in [3.63, 3.8) is 0 Å². The van der Waals surface area contributed by atoms with E-state index in [1.54, 1.807) is 12.4 Å². The van der Waals surface area contributed by atoms with Crippen molar-refractivity contribution in [2.45, 2.75) is 0 Å². The number of nitrogens with zero attached hydrogens (tertiary/aromatic N) is 2. The summed E-state index contributed by atoms with van der Waals surface area (Å²) in [6.45, 7) is 0. The highest BCUT2D eigenvalue weighted by Gasteiger charge is 2.06. The molecule has 0 aliphatic rings. The van der Waals surface area contributed by atoms with Crippen LogP contribution in [0, 0.1) is 0 Å². The number of hydrogen-bond donors (Lipinski definition) is 1. The highest BCUT2D eigenvalue weighted by molar-refractivity contribution is 9.11. The van der Waals surface area contributed by atoms with E-state index in [9.17, 15) is 0 Å². The maximum Gasteiger partial charge on any atom is 0.138 e. The van der Waals surface area contributed by atoms with E-state index >= 15 is 0 Å². The second-order valence-electron chi connectivity index (χ2n) is 3.64. The molecular formula is C12H7Br2N3. The first-order valence-corrected chi connectivity index (χ1v) is 6.57. The smallest absolute Gasteiger partial charge is 0.138 e. The summed E-state index contributed by atoms with van der Waals surface area (Å²) in [7, 11) is 0. The van der Waals surface area contributed by atoms with Crippen LogP contribution in [0.3, 0.4) is 0 Å². The van der Waals surface area contributed by atoms with Crippen molar-refractivity contribution in [2.75, 3.05) is 0 Å². The molecule has 0 aliphatic carbocycles. The lowest BCUT2D eigenvalue weighted by Gasteiger charge is -1.99. The molecule has 2 heterocycles. The number of rotatable bonds is 1. The topological polar surface area (TPSA) is 41.6 Å². The van der Waals surface area contributed by atoms with Crippen LogP contribution in [0.5, 0.6) is 0 Å². The first kappa shape index (κ1) is 10.9. The Hall–Kier alpha value is -1.20. The lowest BCUT2D eigenvalue weighted by atomic mass is 10.2. The minimum atomic E-state index is 0.843. The molecule has 0 saturated carbocycles. The van der Waals surface area contributed by atoms with E-state index in [0.717, 1.165) is 31.4 Å². The van der Waals surface area contributed by atoms with Crippen LogP contribution >= 0.6 is 31.9 Å². The second kappa shape index (κ2) is 4.23. The van der Waals surface area contributed by atoms with Gasteiger partial charge in [-0.3, -0.25) is 4.98 Å². The van der Waals surface area contributed by atoms with E-state index < -0.39 is 0 Å². The van der Waals surface area contributed by atoms with Crippen LogP contribution in [0.15, 0.2) is 45.6 Å². The summed E-state index contributed by atoms with van der Waals surface area (Å²) in [4.78, 5) is 11.8. The largest absolute Gasteiger partial charge is 0.337 e. The third-order valence-electron chi connectivity index (χ3n) is 2.42. The summed E-state index contributed by atoms with van der Waals surface area (Å²) in [6, 6.07) is 7.93. The van der Waals surface area contributed by atoms with Crippen molar-refractivity contribution in [2.24, 2.45) is 0 Å². The molecule has 17 heavy (non-hydrogen) atoms. The fourth-order valence-electron chi connectivity index (χ4n) is 1.68. The first-order chi connectivity index (χ1) is 8.22. The van der Waals surface area contributed by atoms with Gasteiger partial charge in [0.15, 0.2) is 0 Å². The molecule has 0 atom stereocenters. The van der Waals surface area contributed by atoms with Crippen molar-refractivity contribution in [1.82, 2.24) is 15.0 Å². The summed E-state index contributed by atoms with van der Waals surface area (Å²) in [5.74, 6) is 0.843. The summed E-state index contributed by atoms with van der Waals surface area (Å²) in [6.07, 6.45) is 3.52. The van der Waals surface area contributed by atoms with Gasteiger partial charge in [-0.25, -0.2) is 4.98 Å². The number of pyridine rings is 1. The lowest BCUT2D eigenvalue weighted by Crippen LogP contribution is -1.80. The van der Waals surface area contributed by atoms with Crippen LogP contribution in [0.4, 0.5) is 0 Å². The quantitative estimate of drug-likeness (QED) is 0.714. The van der Waals surface area contributed by atoms with E-state index in [-0.39, 0.29) is 0 Å². The van der Waals surface area contributed by atoms with Gasteiger partial charge in [-0.2, -0.15) is 0 Å². The van der Waals surface area contributed by atoms with Crippen molar-refractivity contribution < 1.29 is 0 Å². The van der Waals surface area contributed by atoms with Gasteiger partial charge >= 0.3 is 0 Å². The molecule has 0 bridgehead atoms. The zero-order chi connectivity index (χ0) is 11.8. The molecule has 1 N–H and O–H groups in total. The lowest BCUT2D eigenvalue weighted by molar-refractivity contribution is 1.32. The van der Waals surface area contributed by atoms with Gasteiger partial charge in [-0.1, -0.05) is 31.9 Å². The average Bonchev–Trinajstić information content (AvgIpc) is 2.71. The summed E-state index contributed by atoms with van der Waals surface area (Å²) >= 11 is 6.94. The Labute approximate surface area is 115 Å². The number of halogens is 2. The van der Waals surface area contributed by atoms with Crippen LogP contribution in [0.2, 0.25) is 0 Å². The summed E-state index contributed by atoms with van der Waals surface area (Å²) in [5, 5.41) is 0. The highest BCUT2D eigenvalue weighted by atomic mass is 79.9. The molecule has 0 radical (unpaired) electrons. The average molecular weight is 353 g/mol. The van der Waals surface area contributed by atoms with Crippen molar-refractivity contribution >= 4 is 42.9 Å². The molecule has 0 unspecified atom stereocenters. The van der Waals surface area contributed by atoms with Crippen LogP contribution in [-0.4, -0.2) is 15.0 Å². The van der Waals surface area contributed by atoms with Gasteiger partial charge in [-0.15, -0.1) is 0 Å². The molecule has 0 saturated heterocycles. The number of imidazole rings is 1. The van der Waals surface area contributed by atoms with Gasteiger partial charge < -0.3 is 4.98 Å². The molecule has 0 amide bonds. The third-order valence-corrected chi connectivity index (χ3v) is 3.34. The van der Waals surface area contributed by atoms with E-state index in [1.807, 2.05) is 24.3 Å². The van der Waals surface area contributed by atoms with Crippen molar-refractivity contribution in [1.29, 1.82) is 0 Å². The molecule has 0 aliphatic heterocycles. The Balaban J connectivity index is 2.20. The number of fused-ring (bicyclic) bond motifs is 1. The molecule has 0 spiro atoms. The summed E-state index contributed by atoms with van der Waals surface area (Å²) < 4.78 is 2.03. The van der Waals surface area contributed by atoms with Crippen molar-refractivity contribution in [3.05, 3.63) is 45.6 Å². The molecule has 3 rings (SSSR count). The van der Waals surface area contributed by atoms with E-state index in [1.165, 1.54) is 0 Å². The minimum absolute atomic E-state index is 0.843. The van der Waals surface area contributed by atoms with Crippen LogP contribution in [-0.2, 0) is 0 Å². The molecule has 84 valence electrons. The Morgan fingerprint density at radius 3 is 2.53 bits per heavy atom. The molecule has 0 fully saturated rings. The molecule has 3 nitrogen and oxygen atoms in total. The minimum Gasteiger partial charge on any atom is -0.337 e. The monoisotopic (exact) mass is 351 g/mol. The van der Waals surface area contributed by atoms with Gasteiger partial charge in [0.05, 0.1) is 17.2 Å². The number of H-pyrrole nitrogens is 1. The third kappa shape index (κ3) is 2.12. The number of nitrogens with one attached hydrogen (secondary N) is 1. The Bertz CT molecular complexity index is 638. The second-order valence-corrected chi connectivity index (χ2v) is 5.47. The molecule has 2 aromatic heterocycles. The number of benzene rings is 1. The van der Waals surface area contributed by atoms with E-state index in [2.05, 4.69) is 46.8 Å². The maximum absolute atomic E-state index is 4.53. The SMILES string of the molecule is Brc1cc(Br)cc(-c2nc3ccncc3[nH]2)c1. The Kier molecular flexibility index (Phi) is 2.72. The zero-order valence-corrected chi connectivity index (χ0v) is 11.8. The standard InChI is InChI=1S/C12H7Br2N3/c13-8-3-7(4-9(14)5-8)12-16-10-1-2-15-6-11(10)17-12/h1-6H,(H,16,17). The molecule has 1 aromatic carbocycles. The van der Waals surface area contributed by atoms with Crippen LogP contribution < -0.4 is 0 Å². The fraction of sp³-hybridized carbons (Fsp3) is 0. The van der Waals surface area contributed by atoms with E-state index in [4.69, 9.17) is 0 Å². The molecular weight excluding hydrogens is 346 g/mol. The normalized spacial score (nSPS) is 10.9. The number of aromatic amines is 1. The molecule has 3 aromatic rings. The Morgan fingerprint density at radius 1 is 1.06 bits per heavy atom. The number of hydrogen-bond acceptors (Lipinski definition) is 2. The van der Waals surface area contributed by atoms with E-state index in [0.29, 0.717) is 0 Å². The van der Waals surface area contributed by atoms with Gasteiger partial charge in [-0.05, 0) is 24.3 Å². The predicted molar refractivity (Wildman–Crippen MR) is 74.7 cm³/mol. The predicted octanol–water partition coefficient (Wildman–Crippen LogP) is 4.15. The molecule has 5 heteroatoms. The summed E-state index contributed by atoms with van der Waals surface area (Å²) in [5.41, 5.74) is 2.90. The highest BCUT2D eigenvalue weighted by Crippen LogP contribution is 2.27. The zero-order valence-electron chi connectivity index (χ0n) is 8.61. The van der Waals surface area contributed by atoms with Crippen LogP contribution in [0.1, 0.15) is 0 Å². The van der Waals surface area contributed by atoms with Crippen LogP contribution in [0.25, 0.3) is 22.4 Å². The van der Waals surface area contributed by atoms with Gasteiger partial charge in [0.25, 0.3) is 0 Å². The van der Waals surface area contributed by atoms with Crippen molar-refractivity contribution in [3.8, 4) is 11.4 Å². The number of aromatic nitrogens is 3. The van der Waals surface area contributed by atoms with Gasteiger partial charge in [0.1, 0.15) is 5.82 Å². The fourth-order valence-corrected chi connectivity index (χ4v) is 2.98. The Morgan fingerprint density at radius 2 is 1.82 bits per heavy atom. The van der Waals surface area contributed by atoms with Gasteiger partial charge in [0, 0.05) is 20.7 Å². The van der Waals surface area contributed by atoms with Gasteiger partial charge in [0.2, 0.25) is 0 Å².